The number of nitrogens with zero attached hydrogens (tertiary/aromatic N) is 3. The molecule has 0 spiro atoms. The second-order valence-corrected chi connectivity index (χ2v) is 5.45. The van der Waals surface area contributed by atoms with Crippen molar-refractivity contribution in [1.29, 1.82) is 5.26 Å². The van der Waals surface area contributed by atoms with E-state index in [2.05, 4.69) is 11.1 Å². The zero-order valence-corrected chi connectivity index (χ0v) is 12.4. The number of aryl methyl sites for hydroxylation is 1. The quantitative estimate of drug-likeness (QED) is 0.813. The number of hydrogen-bond donors (Lipinski definition) is 0. The summed E-state index contributed by atoms with van der Waals surface area (Å²) in [6, 6.07) is 9.43. The molecule has 21 heavy (non-hydrogen) atoms. The Hall–Kier alpha value is -2.38. The number of fused-ring (bicyclic) bond motifs is 1. The van der Waals surface area contributed by atoms with E-state index in [1.54, 1.807) is 30.5 Å². The molecule has 0 saturated heterocycles. The van der Waals surface area contributed by atoms with Crippen LogP contribution in [0.1, 0.15) is 22.6 Å². The highest BCUT2D eigenvalue weighted by molar-refractivity contribution is 6.30. The number of hydrogen-bond acceptors (Lipinski definition) is 3. The lowest BCUT2D eigenvalue weighted by molar-refractivity contribution is 0.754. The Labute approximate surface area is 126 Å². The van der Waals surface area contributed by atoms with Crippen LogP contribution in [0.2, 0.25) is 5.02 Å². The van der Waals surface area contributed by atoms with Crippen molar-refractivity contribution in [2.75, 3.05) is 0 Å². The van der Waals surface area contributed by atoms with Crippen molar-refractivity contribution in [2.45, 2.75) is 20.4 Å². The maximum atomic E-state index is 12.3. The van der Waals surface area contributed by atoms with Crippen molar-refractivity contribution < 1.29 is 0 Å². The van der Waals surface area contributed by atoms with E-state index in [0.29, 0.717) is 34.2 Å². The lowest BCUT2D eigenvalue weighted by Crippen LogP contribution is -2.25. The lowest BCUT2D eigenvalue weighted by Gasteiger charge is -2.06. The average Bonchev–Trinajstić information content (AvgIpc) is 2.84. The Morgan fingerprint density at radius 2 is 1.95 bits per heavy atom. The van der Waals surface area contributed by atoms with Crippen LogP contribution in [0.15, 0.2) is 29.1 Å². The number of halogens is 1. The first kappa shape index (κ1) is 13.6. The Morgan fingerprint density at radius 1 is 1.29 bits per heavy atom. The van der Waals surface area contributed by atoms with Gasteiger partial charge >= 0.3 is 0 Å². The van der Waals surface area contributed by atoms with Gasteiger partial charge in [-0.1, -0.05) is 23.7 Å². The van der Waals surface area contributed by atoms with Gasteiger partial charge in [-0.05, 0) is 31.5 Å². The van der Waals surface area contributed by atoms with Crippen molar-refractivity contribution in [3.8, 4) is 6.07 Å². The van der Waals surface area contributed by atoms with Crippen LogP contribution < -0.4 is 5.56 Å². The fourth-order valence-electron chi connectivity index (χ4n) is 2.47. The SMILES string of the molecule is Cc1nc2n(c(=O)c1C)CC(c1ccc(Cl)cc1)=C2C#N. The van der Waals surface area contributed by atoms with Crippen LogP contribution in [0, 0.1) is 25.2 Å². The number of aromatic nitrogens is 2. The molecule has 2 heterocycles. The molecule has 0 atom stereocenters. The van der Waals surface area contributed by atoms with Gasteiger partial charge in [-0.2, -0.15) is 5.26 Å². The van der Waals surface area contributed by atoms with E-state index in [9.17, 15) is 10.1 Å². The van der Waals surface area contributed by atoms with E-state index in [1.807, 2.05) is 12.1 Å². The van der Waals surface area contributed by atoms with Crippen LogP contribution >= 0.6 is 11.6 Å². The third kappa shape index (κ3) is 2.07. The monoisotopic (exact) mass is 297 g/mol. The molecule has 0 unspecified atom stereocenters. The highest BCUT2D eigenvalue weighted by atomic mass is 35.5. The molecular weight excluding hydrogens is 286 g/mol. The molecule has 1 aliphatic heterocycles. The topological polar surface area (TPSA) is 58.7 Å². The summed E-state index contributed by atoms with van der Waals surface area (Å²) in [5.74, 6) is 0.454. The molecule has 0 N–H and O–H groups in total. The molecule has 2 aromatic rings. The molecule has 0 fully saturated rings. The van der Waals surface area contributed by atoms with Crippen LogP contribution in [0.3, 0.4) is 0 Å². The third-order valence-corrected chi connectivity index (χ3v) is 4.04. The van der Waals surface area contributed by atoms with E-state index in [1.165, 1.54) is 0 Å². The maximum absolute atomic E-state index is 12.3. The molecule has 1 aromatic carbocycles. The molecule has 0 saturated carbocycles. The lowest BCUT2D eigenvalue weighted by atomic mass is 10.0. The Balaban J connectivity index is 2.23. The van der Waals surface area contributed by atoms with Gasteiger partial charge < -0.3 is 0 Å². The predicted octanol–water partition coefficient (Wildman–Crippen LogP) is 2.96. The minimum Gasteiger partial charge on any atom is -0.287 e. The zero-order valence-electron chi connectivity index (χ0n) is 11.6. The molecule has 104 valence electrons. The van der Waals surface area contributed by atoms with Gasteiger partial charge in [0.25, 0.3) is 5.56 Å². The second-order valence-electron chi connectivity index (χ2n) is 5.01. The zero-order chi connectivity index (χ0) is 15.1. The van der Waals surface area contributed by atoms with Crippen molar-refractivity contribution in [2.24, 2.45) is 0 Å². The molecule has 0 aliphatic carbocycles. The highest BCUT2D eigenvalue weighted by Gasteiger charge is 2.26. The standard InChI is InChI=1S/C16H12ClN3O/c1-9-10(2)19-15-13(7-18)14(8-20(15)16(9)21)11-3-5-12(17)6-4-11/h3-6H,8H2,1-2H3. The highest BCUT2D eigenvalue weighted by Crippen LogP contribution is 2.32. The minimum absolute atomic E-state index is 0.0887. The van der Waals surface area contributed by atoms with Crippen LogP contribution in [0.4, 0.5) is 0 Å². The van der Waals surface area contributed by atoms with Crippen LogP contribution in [-0.4, -0.2) is 9.55 Å². The summed E-state index contributed by atoms with van der Waals surface area (Å²) in [5.41, 5.74) is 3.34. The summed E-state index contributed by atoms with van der Waals surface area (Å²) in [6.07, 6.45) is 0. The van der Waals surface area contributed by atoms with Gasteiger partial charge in [-0.25, -0.2) is 4.98 Å². The molecule has 0 amide bonds. The van der Waals surface area contributed by atoms with Crippen molar-refractivity contribution in [1.82, 2.24) is 9.55 Å². The second kappa shape index (κ2) is 4.87. The Bertz CT molecular complexity index is 870. The summed E-state index contributed by atoms with van der Waals surface area (Å²) < 4.78 is 1.56. The van der Waals surface area contributed by atoms with Crippen molar-refractivity contribution in [3.05, 3.63) is 62.3 Å². The third-order valence-electron chi connectivity index (χ3n) is 3.78. The molecule has 4 nitrogen and oxygen atoms in total. The molecule has 1 aromatic heterocycles. The first-order chi connectivity index (χ1) is 10.0. The molecule has 5 heteroatoms. The van der Waals surface area contributed by atoms with E-state index >= 15 is 0 Å². The summed E-state index contributed by atoms with van der Waals surface area (Å²) in [5, 5.41) is 10.1. The first-order valence-corrected chi connectivity index (χ1v) is 6.88. The summed E-state index contributed by atoms with van der Waals surface area (Å²) in [6.45, 7) is 3.91. The van der Waals surface area contributed by atoms with E-state index in [-0.39, 0.29) is 5.56 Å². The van der Waals surface area contributed by atoms with Gasteiger partial charge in [0.15, 0.2) is 5.82 Å². The maximum Gasteiger partial charge on any atom is 0.257 e. The molecule has 0 bridgehead atoms. The molecule has 1 aliphatic rings. The van der Waals surface area contributed by atoms with Gasteiger partial charge in [0, 0.05) is 21.9 Å². The number of benzene rings is 1. The molecule has 0 radical (unpaired) electrons. The van der Waals surface area contributed by atoms with Gasteiger partial charge in [0.05, 0.1) is 6.54 Å². The fourth-order valence-corrected chi connectivity index (χ4v) is 2.60. The van der Waals surface area contributed by atoms with Crippen LogP contribution in [0.5, 0.6) is 0 Å². The predicted molar refractivity (Wildman–Crippen MR) is 81.9 cm³/mol. The summed E-state index contributed by atoms with van der Waals surface area (Å²) >= 11 is 5.90. The molecular formula is C16H12ClN3O. The fraction of sp³-hybridized carbons (Fsp3) is 0.188. The Kier molecular flexibility index (Phi) is 3.15. The smallest absolute Gasteiger partial charge is 0.257 e. The summed E-state index contributed by atoms with van der Waals surface area (Å²) in [7, 11) is 0. The van der Waals surface area contributed by atoms with Crippen LogP contribution in [0.25, 0.3) is 11.1 Å². The van der Waals surface area contributed by atoms with Gasteiger partial charge in [0.2, 0.25) is 0 Å². The van der Waals surface area contributed by atoms with Crippen molar-refractivity contribution >= 4 is 22.7 Å². The van der Waals surface area contributed by atoms with Gasteiger partial charge in [-0.15, -0.1) is 0 Å². The molecule has 3 rings (SSSR count). The normalized spacial score (nSPS) is 13.2. The largest absolute Gasteiger partial charge is 0.287 e. The van der Waals surface area contributed by atoms with E-state index in [4.69, 9.17) is 11.6 Å². The van der Waals surface area contributed by atoms with E-state index < -0.39 is 0 Å². The average molecular weight is 298 g/mol. The summed E-state index contributed by atoms with van der Waals surface area (Å²) in [4.78, 5) is 16.8. The minimum atomic E-state index is -0.0887. The van der Waals surface area contributed by atoms with E-state index in [0.717, 1.165) is 11.1 Å². The van der Waals surface area contributed by atoms with Gasteiger partial charge in [-0.3, -0.25) is 9.36 Å². The number of rotatable bonds is 1. The number of allylic oxidation sites excluding steroid dienone is 2. The first-order valence-electron chi connectivity index (χ1n) is 6.50. The van der Waals surface area contributed by atoms with Crippen LogP contribution in [-0.2, 0) is 6.54 Å². The Morgan fingerprint density at radius 3 is 2.57 bits per heavy atom. The van der Waals surface area contributed by atoms with Crippen molar-refractivity contribution in [3.63, 3.8) is 0 Å². The van der Waals surface area contributed by atoms with Gasteiger partial charge in [0.1, 0.15) is 11.6 Å². The number of nitriles is 1.